The van der Waals surface area contributed by atoms with E-state index in [0.29, 0.717) is 18.8 Å². The van der Waals surface area contributed by atoms with Gasteiger partial charge in [0, 0.05) is 17.2 Å². The van der Waals surface area contributed by atoms with Gasteiger partial charge in [0.25, 0.3) is 0 Å². The van der Waals surface area contributed by atoms with Crippen molar-refractivity contribution in [1.82, 2.24) is 9.88 Å². The van der Waals surface area contributed by atoms with Crippen molar-refractivity contribution in [2.24, 2.45) is 0 Å². The quantitative estimate of drug-likeness (QED) is 0.834. The van der Waals surface area contributed by atoms with Crippen molar-refractivity contribution in [2.75, 3.05) is 25.5 Å². The summed E-state index contributed by atoms with van der Waals surface area (Å²) in [4.78, 5) is 17.5. The summed E-state index contributed by atoms with van der Waals surface area (Å²) in [5.41, 5.74) is 0. The molecule has 1 amide bonds. The SMILES string of the molecule is CCC(O)CN(C)CC(=O)Nc1ccc(Br)cn1. The minimum Gasteiger partial charge on any atom is -0.392 e. The largest absolute Gasteiger partial charge is 0.392 e. The molecule has 0 aliphatic carbocycles. The van der Waals surface area contributed by atoms with Gasteiger partial charge >= 0.3 is 0 Å². The first-order valence-electron chi connectivity index (χ1n) is 5.79. The summed E-state index contributed by atoms with van der Waals surface area (Å²) in [6.07, 6.45) is 1.91. The number of hydrogen-bond acceptors (Lipinski definition) is 4. The Morgan fingerprint density at radius 2 is 2.33 bits per heavy atom. The van der Waals surface area contributed by atoms with Crippen molar-refractivity contribution in [3.05, 3.63) is 22.8 Å². The fourth-order valence-corrected chi connectivity index (χ4v) is 1.67. The number of rotatable bonds is 6. The van der Waals surface area contributed by atoms with E-state index >= 15 is 0 Å². The summed E-state index contributed by atoms with van der Waals surface area (Å²) in [5.74, 6) is 0.378. The van der Waals surface area contributed by atoms with Crippen LogP contribution in [0.1, 0.15) is 13.3 Å². The fourth-order valence-electron chi connectivity index (χ4n) is 1.43. The van der Waals surface area contributed by atoms with Crippen molar-refractivity contribution in [1.29, 1.82) is 0 Å². The van der Waals surface area contributed by atoms with Crippen LogP contribution in [0.2, 0.25) is 0 Å². The van der Waals surface area contributed by atoms with E-state index in [1.54, 1.807) is 24.2 Å². The fraction of sp³-hybridized carbons (Fsp3) is 0.500. The van der Waals surface area contributed by atoms with Crippen molar-refractivity contribution in [3.63, 3.8) is 0 Å². The van der Waals surface area contributed by atoms with Gasteiger partial charge in [-0.1, -0.05) is 6.92 Å². The van der Waals surface area contributed by atoms with Crippen LogP contribution in [0, 0.1) is 0 Å². The Morgan fingerprint density at radius 1 is 1.61 bits per heavy atom. The Hall–Kier alpha value is -0.980. The lowest BCUT2D eigenvalue weighted by Gasteiger charge is -2.18. The molecule has 100 valence electrons. The third-order valence-electron chi connectivity index (χ3n) is 2.40. The summed E-state index contributed by atoms with van der Waals surface area (Å²) in [6, 6.07) is 3.54. The Morgan fingerprint density at radius 3 is 2.89 bits per heavy atom. The molecular weight excluding hydrogens is 298 g/mol. The van der Waals surface area contributed by atoms with Gasteiger partial charge < -0.3 is 10.4 Å². The average molecular weight is 316 g/mol. The first-order valence-corrected chi connectivity index (χ1v) is 6.58. The molecule has 0 aromatic carbocycles. The van der Waals surface area contributed by atoms with Crippen LogP contribution in [0.4, 0.5) is 5.82 Å². The third kappa shape index (κ3) is 5.57. The zero-order chi connectivity index (χ0) is 13.5. The van der Waals surface area contributed by atoms with E-state index in [1.807, 2.05) is 13.0 Å². The van der Waals surface area contributed by atoms with Gasteiger partial charge in [-0.25, -0.2) is 4.98 Å². The Bertz CT molecular complexity index is 383. The number of carbonyl (C=O) groups excluding carboxylic acids is 1. The second kappa shape index (κ2) is 7.45. The summed E-state index contributed by atoms with van der Waals surface area (Å²) >= 11 is 3.28. The second-order valence-corrected chi connectivity index (χ2v) is 5.08. The Kier molecular flexibility index (Phi) is 6.24. The van der Waals surface area contributed by atoms with Gasteiger partial charge in [0.15, 0.2) is 0 Å². The van der Waals surface area contributed by atoms with Gasteiger partial charge in [-0.3, -0.25) is 9.69 Å². The topological polar surface area (TPSA) is 65.5 Å². The molecule has 1 heterocycles. The number of amides is 1. The van der Waals surface area contributed by atoms with Crippen LogP contribution >= 0.6 is 15.9 Å². The minimum absolute atomic E-state index is 0.143. The number of carbonyl (C=O) groups is 1. The third-order valence-corrected chi connectivity index (χ3v) is 2.87. The number of halogens is 1. The first-order chi connectivity index (χ1) is 8.51. The lowest BCUT2D eigenvalue weighted by molar-refractivity contribution is -0.117. The summed E-state index contributed by atoms with van der Waals surface area (Å²) in [5, 5.41) is 12.2. The van der Waals surface area contributed by atoms with E-state index < -0.39 is 6.10 Å². The molecule has 0 fully saturated rings. The van der Waals surface area contributed by atoms with Crippen molar-refractivity contribution in [3.8, 4) is 0 Å². The highest BCUT2D eigenvalue weighted by Gasteiger charge is 2.10. The zero-order valence-electron chi connectivity index (χ0n) is 10.6. The highest BCUT2D eigenvalue weighted by Crippen LogP contribution is 2.10. The normalized spacial score (nSPS) is 12.5. The summed E-state index contributed by atoms with van der Waals surface area (Å²) in [7, 11) is 1.80. The molecule has 1 aromatic rings. The molecule has 5 nitrogen and oxygen atoms in total. The lowest BCUT2D eigenvalue weighted by Crippen LogP contribution is -2.35. The van der Waals surface area contributed by atoms with E-state index in [4.69, 9.17) is 0 Å². The molecule has 0 saturated heterocycles. The number of pyridine rings is 1. The van der Waals surface area contributed by atoms with Crippen LogP contribution < -0.4 is 5.32 Å². The predicted octanol–water partition coefficient (Wildman–Crippen LogP) is 1.49. The maximum atomic E-state index is 11.7. The molecule has 0 aliphatic rings. The number of nitrogens with zero attached hydrogens (tertiary/aromatic N) is 2. The maximum absolute atomic E-state index is 11.7. The molecule has 0 aliphatic heterocycles. The Labute approximate surface area is 115 Å². The first kappa shape index (κ1) is 15.1. The van der Waals surface area contributed by atoms with E-state index in [1.165, 1.54) is 0 Å². The number of likely N-dealkylation sites (N-methyl/N-ethyl adjacent to an activating group) is 1. The molecule has 1 atom stereocenters. The van der Waals surface area contributed by atoms with Gasteiger partial charge in [0.2, 0.25) is 5.91 Å². The highest BCUT2D eigenvalue weighted by molar-refractivity contribution is 9.10. The number of hydrogen-bond donors (Lipinski definition) is 2. The standard InChI is InChI=1S/C12H18BrN3O2/c1-3-10(17)7-16(2)8-12(18)15-11-5-4-9(13)6-14-11/h4-6,10,17H,3,7-8H2,1-2H3,(H,14,15,18). The number of aliphatic hydroxyl groups excluding tert-OH is 1. The van der Waals surface area contributed by atoms with Crippen LogP contribution in [0.3, 0.4) is 0 Å². The number of aliphatic hydroxyl groups is 1. The van der Waals surface area contributed by atoms with E-state index in [-0.39, 0.29) is 12.5 Å². The molecule has 6 heteroatoms. The van der Waals surface area contributed by atoms with Gasteiger partial charge in [0.1, 0.15) is 5.82 Å². The smallest absolute Gasteiger partial charge is 0.239 e. The van der Waals surface area contributed by atoms with E-state index in [2.05, 4.69) is 26.2 Å². The molecule has 1 rings (SSSR count). The minimum atomic E-state index is -0.395. The molecule has 0 bridgehead atoms. The predicted molar refractivity (Wildman–Crippen MR) is 74.4 cm³/mol. The van der Waals surface area contributed by atoms with E-state index in [0.717, 1.165) is 4.47 Å². The summed E-state index contributed by atoms with van der Waals surface area (Å²) < 4.78 is 0.865. The molecule has 0 saturated carbocycles. The number of anilines is 1. The van der Waals surface area contributed by atoms with E-state index in [9.17, 15) is 9.90 Å². The van der Waals surface area contributed by atoms with Crippen LogP contribution in [0.5, 0.6) is 0 Å². The lowest BCUT2D eigenvalue weighted by atomic mass is 10.2. The van der Waals surface area contributed by atoms with Gasteiger partial charge in [0.05, 0.1) is 12.6 Å². The number of nitrogens with one attached hydrogen (secondary N) is 1. The van der Waals surface area contributed by atoms with Gasteiger partial charge in [-0.2, -0.15) is 0 Å². The molecule has 1 aromatic heterocycles. The highest BCUT2D eigenvalue weighted by atomic mass is 79.9. The van der Waals surface area contributed by atoms with Crippen molar-refractivity contribution < 1.29 is 9.90 Å². The van der Waals surface area contributed by atoms with Crippen molar-refractivity contribution >= 4 is 27.7 Å². The zero-order valence-corrected chi connectivity index (χ0v) is 12.1. The Balaban J connectivity index is 2.39. The maximum Gasteiger partial charge on any atom is 0.239 e. The van der Waals surface area contributed by atoms with Crippen LogP contribution in [-0.2, 0) is 4.79 Å². The van der Waals surface area contributed by atoms with Crippen molar-refractivity contribution in [2.45, 2.75) is 19.4 Å². The monoisotopic (exact) mass is 315 g/mol. The van der Waals surface area contributed by atoms with Gasteiger partial charge in [-0.05, 0) is 41.5 Å². The number of aromatic nitrogens is 1. The van der Waals surface area contributed by atoms with Crippen LogP contribution in [-0.4, -0.2) is 47.1 Å². The molecule has 18 heavy (non-hydrogen) atoms. The molecular formula is C12H18BrN3O2. The molecule has 1 unspecified atom stereocenters. The summed E-state index contributed by atoms with van der Waals surface area (Å²) in [6.45, 7) is 2.62. The van der Waals surface area contributed by atoms with Crippen LogP contribution in [0.25, 0.3) is 0 Å². The average Bonchev–Trinajstić information content (AvgIpc) is 2.31. The van der Waals surface area contributed by atoms with Crippen LogP contribution in [0.15, 0.2) is 22.8 Å². The second-order valence-electron chi connectivity index (χ2n) is 4.17. The molecule has 0 spiro atoms. The molecule has 0 radical (unpaired) electrons. The van der Waals surface area contributed by atoms with Gasteiger partial charge in [-0.15, -0.1) is 0 Å². The molecule has 2 N–H and O–H groups in total.